The summed E-state index contributed by atoms with van der Waals surface area (Å²) in [5.74, 6) is -0.300. The Morgan fingerprint density at radius 2 is 1.80 bits per heavy atom. The fourth-order valence-corrected chi connectivity index (χ4v) is 5.22. The molecule has 2 N–H and O–H groups in total. The molecule has 5 rings (SSSR count). The Balaban J connectivity index is 1.61. The van der Waals surface area contributed by atoms with E-state index in [-0.39, 0.29) is 42.3 Å². The molecule has 0 bridgehead atoms. The van der Waals surface area contributed by atoms with Crippen LogP contribution in [-0.4, -0.2) is 35.8 Å². The van der Waals surface area contributed by atoms with E-state index in [9.17, 15) is 27.9 Å². The molecule has 212 valence electrons. The molecule has 40 heavy (non-hydrogen) atoms. The number of aromatic nitrogens is 4. The van der Waals surface area contributed by atoms with Crippen LogP contribution in [0.25, 0.3) is 11.2 Å². The molecule has 0 atom stereocenters. The molecule has 0 unspecified atom stereocenters. The smallest absolute Gasteiger partial charge is 0.406 e. The van der Waals surface area contributed by atoms with Crippen LogP contribution in [0.5, 0.6) is 5.75 Å². The second kappa shape index (κ2) is 10.7. The lowest BCUT2D eigenvalue weighted by atomic mass is 9.98. The van der Waals surface area contributed by atoms with Gasteiger partial charge in [-0.1, -0.05) is 42.6 Å². The van der Waals surface area contributed by atoms with Crippen LogP contribution in [0.1, 0.15) is 37.7 Å². The van der Waals surface area contributed by atoms with Crippen molar-refractivity contribution in [3.8, 4) is 5.75 Å². The second-order valence-corrected chi connectivity index (χ2v) is 10.4. The Morgan fingerprint density at radius 3 is 2.48 bits per heavy atom. The fourth-order valence-electron chi connectivity index (χ4n) is 5.09. The third kappa shape index (κ3) is 5.87. The zero-order valence-electron chi connectivity index (χ0n) is 21.5. The summed E-state index contributed by atoms with van der Waals surface area (Å²) in [6.45, 7) is 0.176. The number of halogens is 4. The summed E-state index contributed by atoms with van der Waals surface area (Å²) in [4.78, 5) is 31.5. The minimum atomic E-state index is -4.87. The highest BCUT2D eigenvalue weighted by Crippen LogP contribution is 2.32. The highest BCUT2D eigenvalue weighted by molar-refractivity contribution is 6.30. The molecule has 1 aliphatic rings. The number of fused-ring (bicyclic) bond motifs is 1. The number of hydrogen-bond donors (Lipinski definition) is 2. The van der Waals surface area contributed by atoms with Crippen molar-refractivity contribution in [1.29, 1.82) is 0 Å². The van der Waals surface area contributed by atoms with E-state index < -0.39 is 29.0 Å². The van der Waals surface area contributed by atoms with Gasteiger partial charge in [-0.15, -0.1) is 13.2 Å². The maximum Gasteiger partial charge on any atom is 0.573 e. The van der Waals surface area contributed by atoms with Crippen molar-refractivity contribution in [1.82, 2.24) is 18.7 Å². The Labute approximate surface area is 231 Å². The molecule has 0 aliphatic heterocycles. The lowest BCUT2D eigenvalue weighted by Gasteiger charge is -2.22. The topological polar surface area (TPSA) is 103 Å². The monoisotopic (exact) mass is 577 g/mol. The first kappa shape index (κ1) is 27.8. The van der Waals surface area contributed by atoms with Gasteiger partial charge >= 0.3 is 12.1 Å². The van der Waals surface area contributed by atoms with E-state index >= 15 is 0 Å². The zero-order chi connectivity index (χ0) is 28.7. The number of rotatable bonds is 8. The van der Waals surface area contributed by atoms with Crippen LogP contribution in [0.15, 0.2) is 58.1 Å². The van der Waals surface area contributed by atoms with Crippen LogP contribution in [0.4, 0.5) is 24.8 Å². The standard InChI is InChI=1S/C27H27ClF3N5O4/c1-34-22-21(23(37)35(25(34)38)14-13-26(39)11-2-3-12-26)36(16-17-7-9-18(28)10-8-17)24(33-22)32-19-5-4-6-20(15-19)40-27(29,30)31/h4-10,15,39H,2-3,11-14,16H2,1H3,(H,32,33). The molecule has 1 saturated carbocycles. The number of aliphatic hydroxyl groups is 1. The van der Waals surface area contributed by atoms with Crippen LogP contribution in [0.3, 0.4) is 0 Å². The summed E-state index contributed by atoms with van der Waals surface area (Å²) in [5, 5.41) is 14.3. The molecule has 9 nitrogen and oxygen atoms in total. The highest BCUT2D eigenvalue weighted by atomic mass is 35.5. The third-order valence-electron chi connectivity index (χ3n) is 7.15. The number of benzene rings is 2. The first-order valence-electron chi connectivity index (χ1n) is 12.7. The maximum atomic E-state index is 13.8. The van der Waals surface area contributed by atoms with E-state index in [1.165, 1.54) is 23.7 Å². The molecule has 13 heteroatoms. The van der Waals surface area contributed by atoms with Crippen molar-refractivity contribution >= 4 is 34.4 Å². The first-order valence-corrected chi connectivity index (χ1v) is 13.1. The van der Waals surface area contributed by atoms with Gasteiger partial charge in [0, 0.05) is 30.4 Å². The van der Waals surface area contributed by atoms with Crippen molar-refractivity contribution in [3.05, 3.63) is 80.0 Å². The normalized spacial score (nSPS) is 15.1. The summed E-state index contributed by atoms with van der Waals surface area (Å²) < 4.78 is 46.3. The lowest BCUT2D eigenvalue weighted by Crippen LogP contribution is -2.41. The third-order valence-corrected chi connectivity index (χ3v) is 7.40. The van der Waals surface area contributed by atoms with E-state index in [4.69, 9.17) is 11.6 Å². The number of imidazole rings is 1. The predicted octanol–water partition coefficient (Wildman–Crippen LogP) is 4.94. The first-order chi connectivity index (χ1) is 18.9. The fraction of sp³-hybridized carbons (Fsp3) is 0.370. The molecule has 2 aromatic carbocycles. The quantitative estimate of drug-likeness (QED) is 0.308. The SMILES string of the molecule is Cn1c(=O)n(CCC2(O)CCCC2)c(=O)c2c1nc(Nc1cccc(OC(F)(F)F)c1)n2Cc1ccc(Cl)cc1. The Hall–Kier alpha value is -3.77. The number of nitrogens with zero attached hydrogens (tertiary/aromatic N) is 4. The summed E-state index contributed by atoms with van der Waals surface area (Å²) in [6.07, 6.45) is -1.60. The van der Waals surface area contributed by atoms with E-state index in [2.05, 4.69) is 15.0 Å². The molecule has 1 aliphatic carbocycles. The predicted molar refractivity (Wildman–Crippen MR) is 144 cm³/mol. The molecule has 2 aromatic heterocycles. The average molecular weight is 578 g/mol. The molecule has 0 amide bonds. The van der Waals surface area contributed by atoms with E-state index in [1.807, 2.05) is 0 Å². The number of hydrogen-bond acceptors (Lipinski definition) is 6. The van der Waals surface area contributed by atoms with Crippen LogP contribution >= 0.6 is 11.6 Å². The van der Waals surface area contributed by atoms with Crippen LogP contribution in [0.2, 0.25) is 5.02 Å². The molecule has 0 saturated heterocycles. The van der Waals surface area contributed by atoms with Gasteiger partial charge in [0.05, 0.1) is 12.1 Å². The number of aryl methyl sites for hydroxylation is 1. The van der Waals surface area contributed by atoms with E-state index in [0.29, 0.717) is 17.9 Å². The minimum Gasteiger partial charge on any atom is -0.406 e. The molecule has 1 fully saturated rings. The van der Waals surface area contributed by atoms with Crippen molar-refractivity contribution in [2.45, 2.75) is 57.2 Å². The van der Waals surface area contributed by atoms with Gasteiger partial charge < -0.3 is 15.2 Å². The van der Waals surface area contributed by atoms with E-state index in [1.54, 1.807) is 28.8 Å². The number of ether oxygens (including phenoxy) is 1. The van der Waals surface area contributed by atoms with Gasteiger partial charge in [0.2, 0.25) is 5.95 Å². The number of anilines is 2. The van der Waals surface area contributed by atoms with Crippen molar-refractivity contribution in [2.75, 3.05) is 5.32 Å². The van der Waals surface area contributed by atoms with Crippen LogP contribution < -0.4 is 21.3 Å². The molecular weight excluding hydrogens is 551 g/mol. The lowest BCUT2D eigenvalue weighted by molar-refractivity contribution is -0.274. The van der Waals surface area contributed by atoms with Gasteiger partial charge in [0.25, 0.3) is 5.56 Å². The molecule has 0 spiro atoms. The van der Waals surface area contributed by atoms with Gasteiger partial charge in [-0.2, -0.15) is 4.98 Å². The van der Waals surface area contributed by atoms with Gasteiger partial charge in [0.1, 0.15) is 5.75 Å². The van der Waals surface area contributed by atoms with Gasteiger partial charge in [-0.05, 0) is 49.1 Å². The van der Waals surface area contributed by atoms with Crippen LogP contribution in [0, 0.1) is 0 Å². The van der Waals surface area contributed by atoms with E-state index in [0.717, 1.165) is 35.1 Å². The molecule has 4 aromatic rings. The minimum absolute atomic E-state index is 0.0314. The Morgan fingerprint density at radius 1 is 1.10 bits per heavy atom. The average Bonchev–Trinajstić information content (AvgIpc) is 3.47. The number of nitrogens with one attached hydrogen (secondary N) is 1. The van der Waals surface area contributed by atoms with Gasteiger partial charge in [-0.25, -0.2) is 4.79 Å². The van der Waals surface area contributed by atoms with Gasteiger partial charge in [-0.3, -0.25) is 18.5 Å². The van der Waals surface area contributed by atoms with Crippen LogP contribution in [-0.2, 0) is 20.1 Å². The Bertz CT molecular complexity index is 1650. The molecule has 2 heterocycles. The van der Waals surface area contributed by atoms with Gasteiger partial charge in [0.15, 0.2) is 11.2 Å². The summed E-state index contributed by atoms with van der Waals surface area (Å²) in [6, 6.07) is 12.1. The van der Waals surface area contributed by atoms with Crippen molar-refractivity contribution in [2.24, 2.45) is 7.05 Å². The summed E-state index contributed by atoms with van der Waals surface area (Å²) in [7, 11) is 1.49. The van der Waals surface area contributed by atoms with Crippen molar-refractivity contribution < 1.29 is 23.0 Å². The largest absolute Gasteiger partial charge is 0.573 e. The summed E-state index contributed by atoms with van der Waals surface area (Å²) in [5.41, 5.74) is -0.861. The molecule has 0 radical (unpaired) electrons. The Kier molecular flexibility index (Phi) is 7.40. The maximum absolute atomic E-state index is 13.8. The zero-order valence-corrected chi connectivity index (χ0v) is 22.3. The van der Waals surface area contributed by atoms with Crippen molar-refractivity contribution in [3.63, 3.8) is 0 Å². The number of alkyl halides is 3. The highest BCUT2D eigenvalue weighted by Gasteiger charge is 2.32. The molecular formula is C27H27ClF3N5O4. The second-order valence-electron chi connectivity index (χ2n) is 10.0. The summed E-state index contributed by atoms with van der Waals surface area (Å²) >= 11 is 6.04.